The predicted octanol–water partition coefficient (Wildman–Crippen LogP) is 3.71. The van der Waals surface area contributed by atoms with E-state index < -0.39 is 0 Å². The molecule has 0 aliphatic carbocycles. The lowest BCUT2D eigenvalue weighted by molar-refractivity contribution is 0.0837. The second-order valence-electron chi connectivity index (χ2n) is 6.73. The maximum atomic E-state index is 4.24. The van der Waals surface area contributed by atoms with Crippen LogP contribution in [0.5, 0.6) is 0 Å². The normalized spacial score (nSPS) is 19.4. The van der Waals surface area contributed by atoms with Crippen molar-refractivity contribution in [1.82, 2.24) is 15.2 Å². The minimum atomic E-state index is 0.198. The summed E-state index contributed by atoms with van der Waals surface area (Å²) >= 11 is 1.78. The van der Waals surface area contributed by atoms with Crippen LogP contribution in [0.25, 0.3) is 0 Å². The van der Waals surface area contributed by atoms with Gasteiger partial charge in [-0.2, -0.15) is 0 Å². The summed E-state index contributed by atoms with van der Waals surface area (Å²) in [5.74, 6) is 0. The molecule has 0 spiro atoms. The Kier molecular flexibility index (Phi) is 6.65. The van der Waals surface area contributed by atoms with Gasteiger partial charge in [-0.25, -0.2) is 0 Å². The van der Waals surface area contributed by atoms with Crippen LogP contribution in [0.4, 0.5) is 0 Å². The second kappa shape index (κ2) is 8.25. The smallest absolute Gasteiger partial charge is 0.0794 e. The van der Waals surface area contributed by atoms with Gasteiger partial charge in [0, 0.05) is 29.1 Å². The van der Waals surface area contributed by atoms with Gasteiger partial charge in [0.25, 0.3) is 0 Å². The number of likely N-dealkylation sites (tertiary alicyclic amines) is 1. The van der Waals surface area contributed by atoms with E-state index >= 15 is 0 Å². The summed E-state index contributed by atoms with van der Waals surface area (Å²) in [6, 6.07) is 0.496. The molecule has 2 rings (SSSR count). The van der Waals surface area contributed by atoms with E-state index in [1.807, 2.05) is 11.7 Å². The molecule has 2 heterocycles. The number of nitrogens with zero attached hydrogens (tertiary/aromatic N) is 2. The highest BCUT2D eigenvalue weighted by molar-refractivity contribution is 7.09. The topological polar surface area (TPSA) is 28.2 Å². The molecule has 0 radical (unpaired) electrons. The number of hydrogen-bond donors (Lipinski definition) is 1. The molecular formula is C17H31N3S. The van der Waals surface area contributed by atoms with Crippen molar-refractivity contribution in [3.63, 3.8) is 0 Å². The van der Waals surface area contributed by atoms with Crippen molar-refractivity contribution >= 4 is 11.3 Å². The van der Waals surface area contributed by atoms with Gasteiger partial charge in [0.2, 0.25) is 0 Å². The lowest BCUT2D eigenvalue weighted by Gasteiger charge is -2.44. The van der Waals surface area contributed by atoms with Gasteiger partial charge >= 0.3 is 0 Å². The van der Waals surface area contributed by atoms with Gasteiger partial charge in [-0.3, -0.25) is 9.88 Å². The molecule has 1 aliphatic heterocycles. The number of nitrogens with one attached hydrogen (secondary N) is 1. The van der Waals surface area contributed by atoms with Crippen LogP contribution in [0, 0.1) is 0 Å². The third kappa shape index (κ3) is 4.76. The van der Waals surface area contributed by atoms with E-state index in [-0.39, 0.29) is 5.54 Å². The van der Waals surface area contributed by atoms with E-state index in [1.54, 1.807) is 11.3 Å². The Bertz CT molecular complexity index is 381. The average molecular weight is 310 g/mol. The Morgan fingerprint density at radius 3 is 2.57 bits per heavy atom. The minimum Gasteiger partial charge on any atom is -0.312 e. The fourth-order valence-electron chi connectivity index (χ4n) is 3.30. The highest BCUT2D eigenvalue weighted by Gasteiger charge is 2.35. The lowest BCUT2D eigenvalue weighted by atomic mass is 9.89. The van der Waals surface area contributed by atoms with Gasteiger partial charge in [0.1, 0.15) is 0 Å². The fraction of sp³-hybridized carbons (Fsp3) is 0.824. The molecule has 1 unspecified atom stereocenters. The number of hydrogen-bond acceptors (Lipinski definition) is 4. The van der Waals surface area contributed by atoms with Crippen molar-refractivity contribution < 1.29 is 0 Å². The average Bonchev–Trinajstić information content (AvgIpc) is 2.82. The quantitative estimate of drug-likeness (QED) is 0.832. The zero-order valence-electron chi connectivity index (χ0n) is 13.9. The summed E-state index contributed by atoms with van der Waals surface area (Å²) < 4.78 is 0. The summed E-state index contributed by atoms with van der Waals surface area (Å²) in [7, 11) is 0. The molecule has 21 heavy (non-hydrogen) atoms. The van der Waals surface area contributed by atoms with Gasteiger partial charge in [-0.15, -0.1) is 11.3 Å². The molecule has 1 aliphatic rings. The summed E-state index contributed by atoms with van der Waals surface area (Å²) in [5, 5.41) is 3.80. The maximum Gasteiger partial charge on any atom is 0.0794 e. The molecular weight excluding hydrogens is 278 g/mol. The van der Waals surface area contributed by atoms with Crippen LogP contribution in [-0.4, -0.2) is 41.1 Å². The summed E-state index contributed by atoms with van der Waals surface area (Å²) in [4.78, 5) is 8.35. The molecule has 120 valence electrons. The van der Waals surface area contributed by atoms with Crippen molar-refractivity contribution in [1.29, 1.82) is 0 Å². The van der Waals surface area contributed by atoms with E-state index in [2.05, 4.69) is 36.0 Å². The van der Waals surface area contributed by atoms with Crippen molar-refractivity contribution in [3.05, 3.63) is 16.6 Å². The van der Waals surface area contributed by atoms with E-state index in [9.17, 15) is 0 Å². The molecule has 4 heteroatoms. The van der Waals surface area contributed by atoms with Crippen LogP contribution in [0.3, 0.4) is 0 Å². The molecule has 1 saturated heterocycles. The van der Waals surface area contributed by atoms with E-state index in [4.69, 9.17) is 0 Å². The Balaban J connectivity index is 2.07. The highest BCUT2D eigenvalue weighted by Crippen LogP contribution is 2.26. The van der Waals surface area contributed by atoms with E-state index in [1.165, 1.54) is 50.1 Å². The third-order valence-corrected chi connectivity index (χ3v) is 5.61. The first-order chi connectivity index (χ1) is 10.1. The van der Waals surface area contributed by atoms with Gasteiger partial charge in [0.05, 0.1) is 5.51 Å². The second-order valence-corrected chi connectivity index (χ2v) is 7.70. The Labute approximate surface area is 134 Å². The van der Waals surface area contributed by atoms with E-state index in [0.29, 0.717) is 6.04 Å². The minimum absolute atomic E-state index is 0.198. The van der Waals surface area contributed by atoms with Gasteiger partial charge in [0.15, 0.2) is 0 Å². The van der Waals surface area contributed by atoms with Crippen molar-refractivity contribution in [2.75, 3.05) is 19.6 Å². The van der Waals surface area contributed by atoms with Crippen molar-refractivity contribution in [2.24, 2.45) is 0 Å². The molecule has 1 N–H and O–H groups in total. The van der Waals surface area contributed by atoms with Crippen LogP contribution < -0.4 is 5.32 Å². The molecule has 1 aromatic heterocycles. The Morgan fingerprint density at radius 1 is 1.29 bits per heavy atom. The first kappa shape index (κ1) is 16.9. The highest BCUT2D eigenvalue weighted by atomic mass is 32.1. The predicted molar refractivity (Wildman–Crippen MR) is 92.0 cm³/mol. The molecule has 0 bridgehead atoms. The monoisotopic (exact) mass is 309 g/mol. The summed E-state index contributed by atoms with van der Waals surface area (Å²) in [6.45, 7) is 10.7. The first-order valence-electron chi connectivity index (χ1n) is 8.50. The van der Waals surface area contributed by atoms with Crippen LogP contribution in [0.15, 0.2) is 11.7 Å². The Morgan fingerprint density at radius 2 is 2.00 bits per heavy atom. The standard InChI is InChI=1S/C17H31N3S/c1-4-9-19-16(12-15-13-18-14-21-15)17(2,3)20-10-7-5-6-8-11-20/h13-14,16,19H,4-12H2,1-3H3. The molecule has 0 saturated carbocycles. The van der Waals surface area contributed by atoms with Gasteiger partial charge < -0.3 is 5.32 Å². The van der Waals surface area contributed by atoms with E-state index in [0.717, 1.165) is 13.0 Å². The molecule has 3 nitrogen and oxygen atoms in total. The van der Waals surface area contributed by atoms with Crippen LogP contribution in [-0.2, 0) is 6.42 Å². The summed E-state index contributed by atoms with van der Waals surface area (Å²) in [6.07, 6.45) is 9.81. The zero-order valence-corrected chi connectivity index (χ0v) is 14.7. The number of rotatable bonds is 7. The summed E-state index contributed by atoms with van der Waals surface area (Å²) in [5.41, 5.74) is 2.15. The van der Waals surface area contributed by atoms with Gasteiger partial charge in [-0.1, -0.05) is 19.8 Å². The molecule has 0 amide bonds. The molecule has 1 fully saturated rings. The Hall–Kier alpha value is -0.450. The lowest BCUT2D eigenvalue weighted by Crippen LogP contribution is -2.59. The largest absolute Gasteiger partial charge is 0.312 e. The van der Waals surface area contributed by atoms with Crippen molar-refractivity contribution in [2.45, 2.75) is 70.9 Å². The maximum absolute atomic E-state index is 4.24. The molecule has 1 aromatic rings. The molecule has 1 atom stereocenters. The van der Waals surface area contributed by atoms with Crippen LogP contribution >= 0.6 is 11.3 Å². The van der Waals surface area contributed by atoms with Crippen LogP contribution in [0.1, 0.15) is 57.8 Å². The molecule has 0 aromatic carbocycles. The fourth-order valence-corrected chi connectivity index (χ4v) is 3.94. The SMILES string of the molecule is CCCNC(Cc1cncs1)C(C)(C)N1CCCCCC1. The third-order valence-electron chi connectivity index (χ3n) is 4.80. The zero-order chi connectivity index (χ0) is 15.1. The van der Waals surface area contributed by atoms with Gasteiger partial charge in [-0.05, 0) is 52.7 Å². The first-order valence-corrected chi connectivity index (χ1v) is 9.38. The number of aromatic nitrogens is 1. The van der Waals surface area contributed by atoms with Crippen molar-refractivity contribution in [3.8, 4) is 0 Å². The van der Waals surface area contributed by atoms with Crippen LogP contribution in [0.2, 0.25) is 0 Å². The number of thiazole rings is 1.